The van der Waals surface area contributed by atoms with Crippen molar-refractivity contribution in [3.8, 4) is 11.1 Å². The number of nitrogens with zero attached hydrogens (tertiary/aromatic N) is 5. The van der Waals surface area contributed by atoms with E-state index in [1.165, 1.54) is 27.9 Å². The lowest BCUT2D eigenvalue weighted by Gasteiger charge is -2.55. The minimum atomic E-state index is -1.01. The highest BCUT2D eigenvalue weighted by Crippen LogP contribution is 2.56. The lowest BCUT2D eigenvalue weighted by Crippen LogP contribution is -2.52. The van der Waals surface area contributed by atoms with E-state index in [1.54, 1.807) is 24.0 Å². The molecule has 3 aliphatic heterocycles. The number of rotatable bonds is 8. The maximum atomic E-state index is 15.8. The summed E-state index contributed by atoms with van der Waals surface area (Å²) < 4.78 is 17.9. The van der Waals surface area contributed by atoms with Crippen LogP contribution in [0.15, 0.2) is 54.3 Å². The maximum absolute atomic E-state index is 15.8. The highest BCUT2D eigenvalue weighted by Gasteiger charge is 2.50. The van der Waals surface area contributed by atoms with E-state index in [9.17, 15) is 14.7 Å². The number of aryl methyl sites for hydroxylation is 1. The van der Waals surface area contributed by atoms with Gasteiger partial charge in [-0.3, -0.25) is 14.9 Å². The van der Waals surface area contributed by atoms with E-state index in [-0.39, 0.29) is 34.9 Å². The van der Waals surface area contributed by atoms with Crippen LogP contribution in [0.5, 0.6) is 0 Å². The first-order valence-corrected chi connectivity index (χ1v) is 18.4. The molecular weight excluding hydrogens is 640 g/mol. The average molecular weight is 683 g/mol. The number of aliphatic hydroxyl groups is 1. The zero-order chi connectivity index (χ0) is 33.9. The first-order valence-electron chi connectivity index (χ1n) is 17.5. The number of halogens is 1. The minimum absolute atomic E-state index is 0.0173. The summed E-state index contributed by atoms with van der Waals surface area (Å²) >= 11 is 1.30. The molecule has 0 spiro atoms. The second kappa shape index (κ2) is 12.4. The van der Waals surface area contributed by atoms with Crippen LogP contribution in [-0.4, -0.2) is 67.0 Å². The summed E-state index contributed by atoms with van der Waals surface area (Å²) in [7, 11) is 0. The number of anilines is 1. The molecule has 2 N–H and O–H groups in total. The molecule has 9 nitrogen and oxygen atoms in total. The van der Waals surface area contributed by atoms with Crippen molar-refractivity contribution in [1.82, 2.24) is 24.3 Å². The van der Waals surface area contributed by atoms with E-state index in [1.807, 2.05) is 16.7 Å². The molecule has 5 heterocycles. The quantitative estimate of drug-likeness (QED) is 0.225. The Morgan fingerprint density at radius 3 is 2.67 bits per heavy atom. The van der Waals surface area contributed by atoms with Gasteiger partial charge in [-0.25, -0.2) is 14.4 Å². The van der Waals surface area contributed by atoms with E-state index in [0.717, 1.165) is 82.4 Å². The third-order valence-corrected chi connectivity index (χ3v) is 11.9. The molecule has 8 rings (SSSR count). The van der Waals surface area contributed by atoms with Crippen LogP contribution in [0, 0.1) is 11.2 Å². The molecule has 4 aliphatic rings. The summed E-state index contributed by atoms with van der Waals surface area (Å²) in [5.74, 6) is -1.25. The van der Waals surface area contributed by atoms with Gasteiger partial charge in [-0.1, -0.05) is 38.1 Å². The van der Waals surface area contributed by atoms with Gasteiger partial charge in [0.05, 0.1) is 24.7 Å². The Bertz CT molecular complexity index is 1880. The van der Waals surface area contributed by atoms with Crippen molar-refractivity contribution in [1.29, 1.82) is 0 Å². The SMILES string of the molecule is CC1(CN2CCCC(O)CC2)CC(C)(c2ccc(-c3cc(F)c4c(c3)C(=O)N(C(C(=O)Nc3nccs3)c3ncn5c3CCC5)C4)cc2)C1. The number of amides is 2. The predicted molar refractivity (Wildman–Crippen MR) is 187 cm³/mol. The number of thiazole rings is 1. The largest absolute Gasteiger partial charge is 0.393 e. The van der Waals surface area contributed by atoms with Crippen molar-refractivity contribution in [3.05, 3.63) is 88.2 Å². The number of carbonyl (C=O) groups excluding carboxylic acids is 2. The first-order chi connectivity index (χ1) is 23.6. The van der Waals surface area contributed by atoms with Crippen molar-refractivity contribution < 1.29 is 19.1 Å². The fraction of sp³-hybridized carbons (Fsp3) is 0.474. The Morgan fingerprint density at radius 1 is 1.08 bits per heavy atom. The third kappa shape index (κ3) is 5.99. The van der Waals surface area contributed by atoms with Crippen molar-refractivity contribution in [2.45, 2.75) is 89.4 Å². The Balaban J connectivity index is 1.01. The van der Waals surface area contributed by atoms with E-state index in [2.05, 4.69) is 46.2 Å². The van der Waals surface area contributed by atoms with E-state index in [0.29, 0.717) is 22.0 Å². The second-order valence-corrected chi connectivity index (χ2v) is 16.1. The van der Waals surface area contributed by atoms with Crippen LogP contribution in [0.25, 0.3) is 11.1 Å². The maximum Gasteiger partial charge on any atom is 0.255 e. The highest BCUT2D eigenvalue weighted by molar-refractivity contribution is 7.13. The number of hydrogen-bond donors (Lipinski definition) is 2. The van der Waals surface area contributed by atoms with Gasteiger partial charge in [0.1, 0.15) is 5.82 Å². The first kappa shape index (κ1) is 32.3. The molecule has 4 aromatic rings. The fourth-order valence-corrected chi connectivity index (χ4v) is 9.75. The lowest BCUT2D eigenvalue weighted by molar-refractivity contribution is -0.121. The van der Waals surface area contributed by atoms with E-state index < -0.39 is 17.8 Å². The van der Waals surface area contributed by atoms with Crippen LogP contribution in [0.3, 0.4) is 0 Å². The summed E-state index contributed by atoms with van der Waals surface area (Å²) in [5.41, 5.74) is 5.11. The molecular formula is C38H43FN6O3S. The second-order valence-electron chi connectivity index (χ2n) is 15.2. The molecule has 2 aromatic carbocycles. The smallest absolute Gasteiger partial charge is 0.255 e. The van der Waals surface area contributed by atoms with Gasteiger partial charge in [-0.2, -0.15) is 0 Å². The molecule has 0 bridgehead atoms. The highest BCUT2D eigenvalue weighted by atomic mass is 32.1. The van der Waals surface area contributed by atoms with Gasteiger partial charge in [-0.05, 0) is 91.1 Å². The summed E-state index contributed by atoms with van der Waals surface area (Å²) in [6, 6.07) is 10.6. The van der Waals surface area contributed by atoms with Crippen molar-refractivity contribution in [3.63, 3.8) is 0 Å². The molecule has 11 heteroatoms. The van der Waals surface area contributed by atoms with Crippen LogP contribution < -0.4 is 5.32 Å². The van der Waals surface area contributed by atoms with E-state index in [4.69, 9.17) is 0 Å². The van der Waals surface area contributed by atoms with Crippen LogP contribution in [0.2, 0.25) is 0 Å². The van der Waals surface area contributed by atoms with Gasteiger partial charge >= 0.3 is 0 Å². The van der Waals surface area contributed by atoms with Gasteiger partial charge < -0.3 is 19.5 Å². The predicted octanol–water partition coefficient (Wildman–Crippen LogP) is 6.33. The minimum Gasteiger partial charge on any atom is -0.393 e. The molecule has 1 aliphatic carbocycles. The fourth-order valence-electron chi connectivity index (χ4n) is 9.21. The molecule has 1 saturated carbocycles. The molecule has 49 heavy (non-hydrogen) atoms. The van der Waals surface area contributed by atoms with Gasteiger partial charge in [-0.15, -0.1) is 11.3 Å². The van der Waals surface area contributed by atoms with E-state index >= 15 is 4.39 Å². The van der Waals surface area contributed by atoms with Gasteiger partial charge in [0.15, 0.2) is 11.2 Å². The Morgan fingerprint density at radius 2 is 1.90 bits per heavy atom. The monoisotopic (exact) mass is 682 g/mol. The van der Waals surface area contributed by atoms with Crippen molar-refractivity contribution >= 4 is 28.3 Å². The molecule has 0 radical (unpaired) electrons. The number of likely N-dealkylation sites (tertiary alicyclic amines) is 1. The zero-order valence-corrected chi connectivity index (χ0v) is 28.9. The Labute approximate surface area is 290 Å². The van der Waals surface area contributed by atoms with Crippen LogP contribution >= 0.6 is 11.3 Å². The molecule has 2 atom stereocenters. The number of nitrogens with one attached hydrogen (secondary N) is 1. The summed E-state index contributed by atoms with van der Waals surface area (Å²) in [4.78, 5) is 40.6. The van der Waals surface area contributed by atoms with Gasteiger partial charge in [0.25, 0.3) is 11.8 Å². The Hall–Kier alpha value is -3.93. The number of carbonyl (C=O) groups is 2. The number of aromatic nitrogens is 3. The molecule has 2 unspecified atom stereocenters. The van der Waals surface area contributed by atoms with Crippen LogP contribution in [-0.2, 0) is 29.7 Å². The van der Waals surface area contributed by atoms with Crippen molar-refractivity contribution in [2.75, 3.05) is 25.0 Å². The molecule has 256 valence electrons. The van der Waals surface area contributed by atoms with Gasteiger partial charge in [0.2, 0.25) is 0 Å². The standard InChI is InChI=1S/C38H43FN6O3S/c1-37(22-43-13-3-5-27(46)11-15-43)20-38(2,21-37)26-9-7-24(8-10-26)25-17-28-29(30(39)18-25)19-45(35(28)48)33(34(47)42-36-40-12-16-49-36)32-31-6-4-14-44(31)23-41-32/h7-10,12,16-18,23,27,33,46H,3-6,11,13-15,19-22H2,1-2H3,(H,40,42,47). The molecule has 2 fully saturated rings. The molecule has 2 amide bonds. The number of fused-ring (bicyclic) bond motifs is 2. The summed E-state index contributed by atoms with van der Waals surface area (Å²) in [6.07, 6.45) is 9.87. The topological polar surface area (TPSA) is 104 Å². The number of hydrogen-bond acceptors (Lipinski definition) is 7. The van der Waals surface area contributed by atoms with Gasteiger partial charge in [0, 0.05) is 48.0 Å². The molecule has 2 aromatic heterocycles. The van der Waals surface area contributed by atoms with Crippen LogP contribution in [0.1, 0.15) is 91.3 Å². The van der Waals surface area contributed by atoms with Crippen LogP contribution in [0.4, 0.5) is 9.52 Å². The number of imidazole rings is 1. The normalized spacial score (nSPS) is 25.8. The zero-order valence-electron chi connectivity index (χ0n) is 28.1. The number of aliphatic hydroxyl groups excluding tert-OH is 1. The summed E-state index contributed by atoms with van der Waals surface area (Å²) in [6.45, 7) is 8.59. The van der Waals surface area contributed by atoms with Crippen molar-refractivity contribution in [2.24, 2.45) is 5.41 Å². The lowest BCUT2D eigenvalue weighted by atomic mass is 9.52. The average Bonchev–Trinajstić information content (AvgIpc) is 3.85. The number of benzene rings is 2. The summed E-state index contributed by atoms with van der Waals surface area (Å²) in [5, 5.41) is 15.1. The molecule has 1 saturated heterocycles. The Kier molecular flexibility index (Phi) is 8.20. The third-order valence-electron chi connectivity index (χ3n) is 11.2.